The summed E-state index contributed by atoms with van der Waals surface area (Å²) in [5.41, 5.74) is 6.14. The first-order valence-corrected chi connectivity index (χ1v) is 6.72. The molecular weight excluding hydrogens is 268 g/mol. The summed E-state index contributed by atoms with van der Waals surface area (Å²) in [6, 6.07) is 14.5. The minimum absolute atomic E-state index is 0.0632. The molecule has 21 heavy (non-hydrogen) atoms. The van der Waals surface area contributed by atoms with Crippen LogP contribution in [-0.2, 0) is 0 Å². The summed E-state index contributed by atoms with van der Waals surface area (Å²) in [6.07, 6.45) is 0.933. The molecule has 0 radical (unpaired) electrons. The Morgan fingerprint density at radius 2 is 1.76 bits per heavy atom. The maximum atomic E-state index is 8.63. The second kappa shape index (κ2) is 7.19. The van der Waals surface area contributed by atoms with Gasteiger partial charge >= 0.3 is 0 Å². The molecule has 2 rings (SSSR count). The van der Waals surface area contributed by atoms with E-state index in [2.05, 4.69) is 12.1 Å². The summed E-state index contributed by atoms with van der Waals surface area (Å²) in [6.45, 7) is 2.69. The fourth-order valence-electron chi connectivity index (χ4n) is 1.74. The average molecular weight is 286 g/mol. The van der Waals surface area contributed by atoms with Gasteiger partial charge < -0.3 is 20.4 Å². The average Bonchev–Trinajstić information content (AvgIpc) is 2.54. The van der Waals surface area contributed by atoms with E-state index in [1.807, 2.05) is 24.3 Å². The molecule has 0 aliphatic carbocycles. The van der Waals surface area contributed by atoms with Gasteiger partial charge in [-0.15, -0.1) is 0 Å². The fourth-order valence-corrected chi connectivity index (χ4v) is 1.74. The molecule has 0 heterocycles. The highest BCUT2D eigenvalue weighted by molar-refractivity contribution is 5.97. The van der Waals surface area contributed by atoms with Crippen LogP contribution in [-0.4, -0.2) is 17.6 Å². The van der Waals surface area contributed by atoms with Crippen LogP contribution in [0.3, 0.4) is 0 Å². The van der Waals surface area contributed by atoms with Crippen molar-refractivity contribution in [2.24, 2.45) is 10.9 Å². The number of hydrogen-bond acceptors (Lipinski definition) is 4. The zero-order valence-corrected chi connectivity index (χ0v) is 11.8. The van der Waals surface area contributed by atoms with Gasteiger partial charge in [-0.25, -0.2) is 0 Å². The highest BCUT2D eigenvalue weighted by Gasteiger charge is 2.06. The van der Waals surface area contributed by atoms with E-state index < -0.39 is 0 Å². The number of nitrogens with zero attached hydrogens (tertiary/aromatic N) is 1. The van der Waals surface area contributed by atoms with Crippen molar-refractivity contribution in [1.82, 2.24) is 0 Å². The molecule has 0 bridgehead atoms. The second-order valence-corrected chi connectivity index (χ2v) is 4.41. The molecule has 0 fully saturated rings. The van der Waals surface area contributed by atoms with Crippen molar-refractivity contribution < 1.29 is 14.7 Å². The van der Waals surface area contributed by atoms with Gasteiger partial charge in [0.25, 0.3) is 0 Å². The number of rotatable bonds is 6. The summed E-state index contributed by atoms with van der Waals surface area (Å²) >= 11 is 0. The van der Waals surface area contributed by atoms with E-state index in [4.69, 9.17) is 20.4 Å². The lowest BCUT2D eigenvalue weighted by atomic mass is 10.2. The molecule has 0 aliphatic rings. The first-order chi connectivity index (χ1) is 10.2. The molecule has 2 aromatic carbocycles. The molecule has 110 valence electrons. The maximum absolute atomic E-state index is 8.63. The summed E-state index contributed by atoms with van der Waals surface area (Å²) in [5, 5.41) is 11.6. The lowest BCUT2D eigenvalue weighted by Crippen LogP contribution is -2.12. The van der Waals surface area contributed by atoms with Crippen LogP contribution in [0.15, 0.2) is 53.7 Å². The third-order valence-corrected chi connectivity index (χ3v) is 2.80. The van der Waals surface area contributed by atoms with Crippen molar-refractivity contribution in [2.45, 2.75) is 13.3 Å². The van der Waals surface area contributed by atoms with E-state index in [0.717, 1.165) is 6.42 Å². The normalized spacial score (nSPS) is 11.2. The third-order valence-electron chi connectivity index (χ3n) is 2.80. The van der Waals surface area contributed by atoms with Gasteiger partial charge in [0.2, 0.25) is 0 Å². The van der Waals surface area contributed by atoms with Gasteiger partial charge in [-0.3, -0.25) is 0 Å². The third kappa shape index (κ3) is 3.89. The number of para-hydroxylation sites is 2. The fraction of sp³-hybridized carbons (Fsp3) is 0.188. The Balaban J connectivity index is 2.14. The summed E-state index contributed by atoms with van der Waals surface area (Å²) in [7, 11) is 0. The smallest absolute Gasteiger partial charge is 0.170 e. The largest absolute Gasteiger partial charge is 0.490 e. The van der Waals surface area contributed by atoms with Crippen molar-refractivity contribution in [3.8, 4) is 17.2 Å². The lowest BCUT2D eigenvalue weighted by Gasteiger charge is -2.12. The van der Waals surface area contributed by atoms with Crippen LogP contribution in [0.2, 0.25) is 0 Å². The molecule has 3 N–H and O–H groups in total. The van der Waals surface area contributed by atoms with Gasteiger partial charge in [0.1, 0.15) is 5.75 Å². The maximum Gasteiger partial charge on any atom is 0.170 e. The quantitative estimate of drug-likeness (QED) is 0.369. The highest BCUT2D eigenvalue weighted by Crippen LogP contribution is 2.31. The van der Waals surface area contributed by atoms with Gasteiger partial charge in [-0.1, -0.05) is 24.2 Å². The zero-order valence-electron chi connectivity index (χ0n) is 11.8. The molecule has 0 unspecified atom stereocenters. The topological polar surface area (TPSA) is 77.1 Å². The number of nitrogens with two attached hydrogens (primary N) is 1. The van der Waals surface area contributed by atoms with Crippen molar-refractivity contribution in [2.75, 3.05) is 6.61 Å². The van der Waals surface area contributed by atoms with E-state index in [-0.39, 0.29) is 5.84 Å². The standard InChI is InChI=1S/C16H18N2O3/c1-2-11-20-14-5-3-4-6-15(14)21-13-9-7-12(8-10-13)16(17)18-19/h3-10,19H,2,11H2,1H3,(H2,17,18). The van der Waals surface area contributed by atoms with Crippen molar-refractivity contribution >= 4 is 5.84 Å². The highest BCUT2D eigenvalue weighted by atomic mass is 16.5. The van der Waals surface area contributed by atoms with Gasteiger partial charge in [0.15, 0.2) is 17.3 Å². The van der Waals surface area contributed by atoms with Gasteiger partial charge in [-0.05, 0) is 42.8 Å². The Morgan fingerprint density at radius 1 is 1.10 bits per heavy atom. The Kier molecular flexibility index (Phi) is 5.04. The molecule has 5 heteroatoms. The number of benzene rings is 2. The molecule has 0 saturated carbocycles. The van der Waals surface area contributed by atoms with Crippen molar-refractivity contribution in [1.29, 1.82) is 0 Å². The van der Waals surface area contributed by atoms with Crippen LogP contribution in [0.25, 0.3) is 0 Å². The molecular formula is C16H18N2O3. The molecule has 0 aromatic heterocycles. The molecule has 2 aromatic rings. The van der Waals surface area contributed by atoms with Gasteiger partial charge in [0.05, 0.1) is 6.61 Å². The van der Waals surface area contributed by atoms with Crippen LogP contribution in [0.1, 0.15) is 18.9 Å². The molecule has 0 saturated heterocycles. The minimum atomic E-state index is 0.0632. The predicted molar refractivity (Wildman–Crippen MR) is 81.3 cm³/mol. The molecule has 5 nitrogen and oxygen atoms in total. The Hall–Kier alpha value is -2.69. The Labute approximate surface area is 123 Å². The van der Waals surface area contributed by atoms with Gasteiger partial charge in [0, 0.05) is 5.56 Å². The monoisotopic (exact) mass is 286 g/mol. The molecule has 0 atom stereocenters. The number of oxime groups is 1. The molecule has 0 spiro atoms. The van der Waals surface area contributed by atoms with E-state index in [1.165, 1.54) is 0 Å². The van der Waals surface area contributed by atoms with E-state index in [1.54, 1.807) is 24.3 Å². The predicted octanol–water partition coefficient (Wildman–Crippen LogP) is 3.36. The molecule has 0 amide bonds. The van der Waals surface area contributed by atoms with E-state index in [9.17, 15) is 0 Å². The Morgan fingerprint density at radius 3 is 2.38 bits per heavy atom. The van der Waals surface area contributed by atoms with Crippen LogP contribution < -0.4 is 15.2 Å². The minimum Gasteiger partial charge on any atom is -0.490 e. The van der Waals surface area contributed by atoms with Crippen LogP contribution in [0, 0.1) is 0 Å². The summed E-state index contributed by atoms with van der Waals surface area (Å²) < 4.78 is 11.4. The number of hydrogen-bond donors (Lipinski definition) is 2. The first-order valence-electron chi connectivity index (χ1n) is 6.72. The summed E-state index contributed by atoms with van der Waals surface area (Å²) in [5.74, 6) is 2.08. The first kappa shape index (κ1) is 14.7. The van der Waals surface area contributed by atoms with Crippen LogP contribution in [0.4, 0.5) is 0 Å². The van der Waals surface area contributed by atoms with Gasteiger partial charge in [-0.2, -0.15) is 0 Å². The van der Waals surface area contributed by atoms with Crippen LogP contribution in [0.5, 0.6) is 17.2 Å². The van der Waals surface area contributed by atoms with E-state index in [0.29, 0.717) is 29.4 Å². The second-order valence-electron chi connectivity index (χ2n) is 4.41. The van der Waals surface area contributed by atoms with Crippen molar-refractivity contribution in [3.05, 3.63) is 54.1 Å². The zero-order chi connectivity index (χ0) is 15.1. The summed E-state index contributed by atoms with van der Waals surface area (Å²) in [4.78, 5) is 0. The lowest BCUT2D eigenvalue weighted by molar-refractivity contribution is 0.302. The van der Waals surface area contributed by atoms with E-state index >= 15 is 0 Å². The molecule has 0 aliphatic heterocycles. The number of ether oxygens (including phenoxy) is 2. The number of amidine groups is 1. The SMILES string of the molecule is CCCOc1ccccc1Oc1ccc(/C(N)=N/O)cc1. The Bertz CT molecular complexity index is 609. The van der Waals surface area contributed by atoms with Crippen molar-refractivity contribution in [3.63, 3.8) is 0 Å². The van der Waals surface area contributed by atoms with Crippen LogP contribution >= 0.6 is 0 Å².